The molecular formula is C5H12ClNO2. The van der Waals surface area contributed by atoms with Crippen molar-refractivity contribution in [2.24, 2.45) is 0 Å². The molecule has 0 aliphatic carbocycles. The van der Waals surface area contributed by atoms with Gasteiger partial charge in [0.1, 0.15) is 6.54 Å². The van der Waals surface area contributed by atoms with Gasteiger partial charge < -0.3 is 15.0 Å². The summed E-state index contributed by atoms with van der Waals surface area (Å²) in [5.41, 5.74) is 0. The van der Waals surface area contributed by atoms with Gasteiger partial charge in [-0.3, -0.25) is 0 Å². The minimum absolute atomic E-state index is 0.0725. The molecule has 0 aromatic rings. The molecule has 0 aromatic carbocycles. The van der Waals surface area contributed by atoms with E-state index in [1.807, 2.05) is 0 Å². The number of hydrogen-bond donors (Lipinski definition) is 1. The molecule has 1 unspecified atom stereocenters. The van der Waals surface area contributed by atoms with E-state index in [0.717, 1.165) is 0 Å². The van der Waals surface area contributed by atoms with Crippen LogP contribution in [0.1, 0.15) is 0 Å². The van der Waals surface area contributed by atoms with Gasteiger partial charge in [-0.1, -0.05) is 0 Å². The van der Waals surface area contributed by atoms with E-state index >= 15 is 0 Å². The number of aliphatic hydroxyl groups is 1. The van der Waals surface area contributed by atoms with Crippen molar-refractivity contribution in [2.45, 2.75) is 0 Å². The summed E-state index contributed by atoms with van der Waals surface area (Å²) in [6.07, 6.45) is 0. The van der Waals surface area contributed by atoms with Gasteiger partial charge in [0.25, 0.3) is 0 Å². The molecule has 3 nitrogen and oxygen atoms in total. The van der Waals surface area contributed by atoms with E-state index in [4.69, 9.17) is 16.7 Å². The Balaban J connectivity index is 3.43. The van der Waals surface area contributed by atoms with Gasteiger partial charge in [-0.05, 0) is 0 Å². The largest absolute Gasteiger partial charge is 0.633 e. The van der Waals surface area contributed by atoms with E-state index in [1.165, 1.54) is 7.05 Å². The zero-order chi connectivity index (χ0) is 7.33. The Morgan fingerprint density at radius 3 is 2.44 bits per heavy atom. The molecule has 0 amide bonds. The predicted molar refractivity (Wildman–Crippen MR) is 37.1 cm³/mol. The van der Waals surface area contributed by atoms with Crippen LogP contribution in [0.4, 0.5) is 0 Å². The van der Waals surface area contributed by atoms with Crippen LogP contribution in [0.3, 0.4) is 0 Å². The van der Waals surface area contributed by atoms with E-state index in [-0.39, 0.29) is 13.2 Å². The summed E-state index contributed by atoms with van der Waals surface area (Å²) in [7, 11) is 1.50. The molecule has 0 aromatic heterocycles. The van der Waals surface area contributed by atoms with Crippen molar-refractivity contribution in [3.63, 3.8) is 0 Å². The fraction of sp³-hybridized carbons (Fsp3) is 1.00. The first-order valence-electron chi connectivity index (χ1n) is 2.85. The number of aliphatic hydroxyl groups excluding tert-OH is 1. The second-order valence-electron chi connectivity index (χ2n) is 2.16. The maximum Gasteiger partial charge on any atom is 0.102 e. The Kier molecular flexibility index (Phi) is 4.14. The summed E-state index contributed by atoms with van der Waals surface area (Å²) in [4.78, 5) is 0. The third-order valence-corrected chi connectivity index (χ3v) is 1.30. The van der Waals surface area contributed by atoms with E-state index in [0.29, 0.717) is 12.4 Å². The lowest BCUT2D eigenvalue weighted by Gasteiger charge is -2.37. The average Bonchev–Trinajstić information content (AvgIpc) is 1.64. The molecule has 4 heteroatoms. The Labute approximate surface area is 60.0 Å². The maximum absolute atomic E-state index is 11.0. The van der Waals surface area contributed by atoms with Gasteiger partial charge in [-0.25, -0.2) is 0 Å². The summed E-state index contributed by atoms with van der Waals surface area (Å²) in [6, 6.07) is 0. The summed E-state index contributed by atoms with van der Waals surface area (Å²) < 4.78 is -0.444. The molecule has 0 aliphatic heterocycles. The van der Waals surface area contributed by atoms with Gasteiger partial charge in [0, 0.05) is 0 Å². The normalized spacial score (nSPS) is 17.3. The second kappa shape index (κ2) is 4.06. The molecule has 0 saturated heterocycles. The molecule has 0 bridgehead atoms. The van der Waals surface area contributed by atoms with Gasteiger partial charge in [-0.15, -0.1) is 11.6 Å². The molecule has 0 saturated carbocycles. The molecule has 56 valence electrons. The first-order chi connectivity index (χ1) is 4.12. The lowest BCUT2D eigenvalue weighted by Crippen LogP contribution is -2.41. The third-order valence-electron chi connectivity index (χ3n) is 1.13. The minimum Gasteiger partial charge on any atom is -0.633 e. The number of hydrogen-bond acceptors (Lipinski definition) is 2. The van der Waals surface area contributed by atoms with Crippen molar-refractivity contribution in [1.82, 2.24) is 0 Å². The van der Waals surface area contributed by atoms with Gasteiger partial charge in [0.15, 0.2) is 0 Å². The lowest BCUT2D eigenvalue weighted by molar-refractivity contribution is -0.858. The molecule has 0 spiro atoms. The topological polar surface area (TPSA) is 43.3 Å². The Hall–Kier alpha value is 0.170. The van der Waals surface area contributed by atoms with Crippen molar-refractivity contribution >= 4 is 11.6 Å². The van der Waals surface area contributed by atoms with Crippen molar-refractivity contribution in [2.75, 3.05) is 32.6 Å². The standard InChI is InChI=1S/C5H12ClNO2/c1-7(9,3-2-6)4-5-8/h8H,2-5H2,1H3. The van der Waals surface area contributed by atoms with E-state index in [9.17, 15) is 5.21 Å². The zero-order valence-corrected chi connectivity index (χ0v) is 6.26. The molecule has 1 atom stereocenters. The fourth-order valence-electron chi connectivity index (χ4n) is 0.502. The lowest BCUT2D eigenvalue weighted by atomic mass is 10.5. The van der Waals surface area contributed by atoms with Crippen LogP contribution in [0.2, 0.25) is 0 Å². The van der Waals surface area contributed by atoms with Crippen LogP contribution in [0.15, 0.2) is 0 Å². The van der Waals surface area contributed by atoms with E-state index < -0.39 is 4.65 Å². The molecule has 0 rings (SSSR count). The van der Waals surface area contributed by atoms with Crippen LogP contribution >= 0.6 is 11.6 Å². The molecule has 0 radical (unpaired) electrons. The number of nitrogens with zero attached hydrogens (tertiary/aromatic N) is 1. The summed E-state index contributed by atoms with van der Waals surface area (Å²) in [5.74, 6) is 0.347. The Morgan fingerprint density at radius 1 is 1.56 bits per heavy atom. The summed E-state index contributed by atoms with van der Waals surface area (Å²) in [6.45, 7) is 0.520. The maximum atomic E-state index is 11.0. The van der Waals surface area contributed by atoms with Gasteiger partial charge in [0.2, 0.25) is 0 Å². The van der Waals surface area contributed by atoms with E-state index in [1.54, 1.807) is 0 Å². The highest BCUT2D eigenvalue weighted by Gasteiger charge is 2.06. The Morgan fingerprint density at radius 2 is 2.11 bits per heavy atom. The van der Waals surface area contributed by atoms with Crippen molar-refractivity contribution in [3.05, 3.63) is 5.21 Å². The molecule has 1 N–H and O–H groups in total. The van der Waals surface area contributed by atoms with Crippen LogP contribution in [0, 0.1) is 5.21 Å². The zero-order valence-electron chi connectivity index (χ0n) is 5.51. The summed E-state index contributed by atoms with van der Waals surface area (Å²) in [5, 5.41) is 19.4. The van der Waals surface area contributed by atoms with Crippen LogP contribution in [0.25, 0.3) is 0 Å². The molecule has 0 fully saturated rings. The quantitative estimate of drug-likeness (QED) is 0.355. The van der Waals surface area contributed by atoms with Gasteiger partial charge in [0.05, 0.1) is 26.1 Å². The highest BCUT2D eigenvalue weighted by molar-refractivity contribution is 6.17. The molecule has 0 aliphatic rings. The predicted octanol–water partition coefficient (Wildman–Crippen LogP) is 0.162. The highest BCUT2D eigenvalue weighted by atomic mass is 35.5. The van der Waals surface area contributed by atoms with E-state index in [2.05, 4.69) is 0 Å². The number of hydroxylamine groups is 3. The number of halogens is 1. The van der Waals surface area contributed by atoms with Gasteiger partial charge >= 0.3 is 0 Å². The van der Waals surface area contributed by atoms with Crippen LogP contribution in [-0.4, -0.2) is 42.4 Å². The molecule has 0 heterocycles. The highest BCUT2D eigenvalue weighted by Crippen LogP contribution is 1.97. The van der Waals surface area contributed by atoms with Crippen molar-refractivity contribution in [3.8, 4) is 0 Å². The number of alkyl halides is 1. The SMILES string of the molecule is C[N+]([O-])(CCO)CCCl. The first kappa shape index (κ1) is 9.17. The number of quaternary nitrogens is 1. The van der Waals surface area contributed by atoms with Gasteiger partial charge in [-0.2, -0.15) is 0 Å². The van der Waals surface area contributed by atoms with Crippen LogP contribution < -0.4 is 0 Å². The minimum atomic E-state index is -0.444. The van der Waals surface area contributed by atoms with Crippen molar-refractivity contribution < 1.29 is 9.75 Å². The van der Waals surface area contributed by atoms with Crippen LogP contribution in [-0.2, 0) is 0 Å². The van der Waals surface area contributed by atoms with Crippen LogP contribution in [0.5, 0.6) is 0 Å². The van der Waals surface area contributed by atoms with Crippen molar-refractivity contribution in [1.29, 1.82) is 0 Å². The first-order valence-corrected chi connectivity index (χ1v) is 3.38. The molecule has 9 heavy (non-hydrogen) atoms. The summed E-state index contributed by atoms with van der Waals surface area (Å²) >= 11 is 5.32. The fourth-order valence-corrected chi connectivity index (χ4v) is 0.860. The molecular weight excluding hydrogens is 142 g/mol. The Bertz CT molecular complexity index is 69.4. The average molecular weight is 154 g/mol. The smallest absolute Gasteiger partial charge is 0.102 e. The monoisotopic (exact) mass is 153 g/mol. The number of likely N-dealkylation sites (N-methyl/N-ethyl adjacent to an activating group) is 1. The second-order valence-corrected chi connectivity index (χ2v) is 2.53. The number of rotatable bonds is 4. The third kappa shape index (κ3) is 4.66.